The van der Waals surface area contributed by atoms with E-state index in [4.69, 9.17) is 27.9 Å². The van der Waals surface area contributed by atoms with Crippen molar-refractivity contribution in [2.75, 3.05) is 17.3 Å². The van der Waals surface area contributed by atoms with Gasteiger partial charge >= 0.3 is 0 Å². The molecule has 1 saturated heterocycles. The fraction of sp³-hybridized carbons (Fsp3) is 0.176. The maximum absolute atomic E-state index is 12.6. The number of carbonyl (C=O) groups excluding carboxylic acids is 2. The third-order valence-corrected chi connectivity index (χ3v) is 4.48. The second-order valence-electron chi connectivity index (χ2n) is 5.30. The minimum Gasteiger partial charge on any atom is -0.497 e. The molecule has 2 aromatic carbocycles. The highest BCUT2D eigenvalue weighted by Crippen LogP contribution is 2.29. The highest BCUT2D eigenvalue weighted by molar-refractivity contribution is 6.42. The topological polar surface area (TPSA) is 58.6 Å². The molecule has 0 aliphatic carbocycles. The summed E-state index contributed by atoms with van der Waals surface area (Å²) >= 11 is 11.8. The number of hydrogen-bond acceptors (Lipinski definition) is 4. The molecular weight excluding hydrogens is 351 g/mol. The summed E-state index contributed by atoms with van der Waals surface area (Å²) in [6, 6.07) is 11.1. The van der Waals surface area contributed by atoms with Crippen molar-refractivity contribution in [1.82, 2.24) is 0 Å². The van der Waals surface area contributed by atoms with Crippen molar-refractivity contribution in [3.63, 3.8) is 0 Å². The molecule has 0 spiro atoms. The molecule has 2 amide bonds. The summed E-state index contributed by atoms with van der Waals surface area (Å²) in [7, 11) is 1.55. The number of hydrogen-bond donors (Lipinski definition) is 1. The summed E-state index contributed by atoms with van der Waals surface area (Å²) in [6.07, 6.45) is 0.0745. The van der Waals surface area contributed by atoms with Crippen molar-refractivity contribution >= 4 is 46.4 Å². The molecule has 0 saturated carbocycles. The standard InChI is InChI=1S/C17H14Cl2N2O3/c1-24-12-5-3-11(4-6-12)21-16(22)9-15(17(21)23)20-10-2-7-13(18)14(19)8-10/h2-8,15,20H,9H2,1H3/t15-/m1/s1. The number of carbonyl (C=O) groups is 2. The Morgan fingerprint density at radius 2 is 1.79 bits per heavy atom. The van der Waals surface area contributed by atoms with Gasteiger partial charge in [0.1, 0.15) is 11.8 Å². The second kappa shape index (κ2) is 6.71. The van der Waals surface area contributed by atoms with Gasteiger partial charge in [0.15, 0.2) is 0 Å². The van der Waals surface area contributed by atoms with Crippen molar-refractivity contribution in [2.45, 2.75) is 12.5 Å². The molecule has 0 radical (unpaired) electrons. The Morgan fingerprint density at radius 3 is 2.42 bits per heavy atom. The number of anilines is 2. The van der Waals surface area contributed by atoms with Gasteiger partial charge in [0, 0.05) is 5.69 Å². The maximum Gasteiger partial charge on any atom is 0.256 e. The minimum atomic E-state index is -0.642. The minimum absolute atomic E-state index is 0.0745. The molecule has 0 aromatic heterocycles. The number of halogens is 2. The molecule has 0 bridgehead atoms. The van der Waals surface area contributed by atoms with Gasteiger partial charge in [0.05, 0.1) is 29.3 Å². The molecule has 24 heavy (non-hydrogen) atoms. The lowest BCUT2D eigenvalue weighted by atomic mass is 10.2. The molecule has 1 fully saturated rings. The zero-order chi connectivity index (χ0) is 17.3. The molecule has 5 nitrogen and oxygen atoms in total. The fourth-order valence-corrected chi connectivity index (χ4v) is 2.83. The van der Waals surface area contributed by atoms with E-state index < -0.39 is 6.04 Å². The zero-order valence-electron chi connectivity index (χ0n) is 12.8. The van der Waals surface area contributed by atoms with Crippen molar-refractivity contribution in [2.24, 2.45) is 0 Å². The Balaban J connectivity index is 1.79. The smallest absolute Gasteiger partial charge is 0.256 e. The molecule has 7 heteroatoms. The number of benzene rings is 2. The van der Waals surface area contributed by atoms with Crippen LogP contribution in [0.5, 0.6) is 5.75 Å². The van der Waals surface area contributed by atoms with Crippen LogP contribution in [-0.2, 0) is 9.59 Å². The first-order valence-corrected chi connectivity index (χ1v) is 7.97. The lowest BCUT2D eigenvalue weighted by Gasteiger charge is -2.16. The van der Waals surface area contributed by atoms with E-state index in [1.54, 1.807) is 49.6 Å². The predicted octanol–water partition coefficient (Wildman–Crippen LogP) is 3.75. The summed E-state index contributed by atoms with van der Waals surface area (Å²) in [6.45, 7) is 0. The van der Waals surface area contributed by atoms with Crippen LogP contribution in [0.3, 0.4) is 0 Å². The number of nitrogens with zero attached hydrogens (tertiary/aromatic N) is 1. The van der Waals surface area contributed by atoms with Crippen LogP contribution in [0, 0.1) is 0 Å². The monoisotopic (exact) mass is 364 g/mol. The van der Waals surface area contributed by atoms with Crippen molar-refractivity contribution in [3.05, 3.63) is 52.5 Å². The highest BCUT2D eigenvalue weighted by atomic mass is 35.5. The van der Waals surface area contributed by atoms with Gasteiger partial charge in [-0.15, -0.1) is 0 Å². The lowest BCUT2D eigenvalue weighted by Crippen LogP contribution is -2.34. The predicted molar refractivity (Wildman–Crippen MR) is 94.0 cm³/mol. The fourth-order valence-electron chi connectivity index (χ4n) is 2.53. The molecule has 0 unspecified atom stereocenters. The molecule has 1 atom stereocenters. The van der Waals surface area contributed by atoms with E-state index in [1.165, 1.54) is 4.90 Å². The van der Waals surface area contributed by atoms with Gasteiger partial charge in [-0.25, -0.2) is 4.90 Å². The largest absolute Gasteiger partial charge is 0.497 e. The van der Waals surface area contributed by atoms with Crippen LogP contribution < -0.4 is 15.0 Å². The third-order valence-electron chi connectivity index (χ3n) is 3.74. The molecule has 1 N–H and O–H groups in total. The SMILES string of the molecule is COc1ccc(N2C(=O)C[C@@H](Nc3ccc(Cl)c(Cl)c3)C2=O)cc1. The first kappa shape index (κ1) is 16.6. The quantitative estimate of drug-likeness (QED) is 0.839. The summed E-state index contributed by atoms with van der Waals surface area (Å²) < 4.78 is 5.08. The number of nitrogens with one attached hydrogen (secondary N) is 1. The molecule has 2 aromatic rings. The van der Waals surface area contributed by atoms with E-state index in [-0.39, 0.29) is 18.2 Å². The van der Waals surface area contributed by atoms with Crippen LogP contribution in [0.25, 0.3) is 0 Å². The Labute approximate surface area is 149 Å². The van der Waals surface area contributed by atoms with E-state index in [0.29, 0.717) is 27.2 Å². The average Bonchev–Trinajstić information content (AvgIpc) is 2.85. The Morgan fingerprint density at radius 1 is 1.08 bits per heavy atom. The van der Waals surface area contributed by atoms with Crippen molar-refractivity contribution in [3.8, 4) is 5.75 Å². The summed E-state index contributed by atoms with van der Waals surface area (Å²) in [5.74, 6) is 0.0855. The van der Waals surface area contributed by atoms with Crippen LogP contribution >= 0.6 is 23.2 Å². The van der Waals surface area contributed by atoms with E-state index in [9.17, 15) is 9.59 Å². The number of ether oxygens (including phenoxy) is 1. The molecular formula is C17H14Cl2N2O3. The van der Waals surface area contributed by atoms with E-state index >= 15 is 0 Å². The molecule has 1 heterocycles. The van der Waals surface area contributed by atoms with Gasteiger partial charge < -0.3 is 10.1 Å². The lowest BCUT2D eigenvalue weighted by molar-refractivity contribution is -0.121. The average molecular weight is 365 g/mol. The molecule has 1 aliphatic rings. The number of imide groups is 1. The zero-order valence-corrected chi connectivity index (χ0v) is 14.3. The molecule has 3 rings (SSSR count). The van der Waals surface area contributed by atoms with E-state index in [2.05, 4.69) is 5.32 Å². The van der Waals surface area contributed by atoms with Crippen LogP contribution in [0.1, 0.15) is 6.42 Å². The second-order valence-corrected chi connectivity index (χ2v) is 6.11. The summed E-state index contributed by atoms with van der Waals surface area (Å²) in [5.41, 5.74) is 1.15. The maximum atomic E-state index is 12.6. The van der Waals surface area contributed by atoms with Crippen LogP contribution in [-0.4, -0.2) is 25.0 Å². The van der Waals surface area contributed by atoms with Crippen molar-refractivity contribution in [1.29, 1.82) is 0 Å². The number of methoxy groups -OCH3 is 1. The third kappa shape index (κ3) is 3.18. The summed E-state index contributed by atoms with van der Waals surface area (Å²) in [4.78, 5) is 26.0. The van der Waals surface area contributed by atoms with Gasteiger partial charge in [-0.05, 0) is 42.5 Å². The van der Waals surface area contributed by atoms with Gasteiger partial charge in [-0.1, -0.05) is 23.2 Å². The van der Waals surface area contributed by atoms with Gasteiger partial charge in [0.25, 0.3) is 5.91 Å². The van der Waals surface area contributed by atoms with Gasteiger partial charge in [-0.2, -0.15) is 0 Å². The number of amides is 2. The Kier molecular flexibility index (Phi) is 4.64. The Bertz CT molecular complexity index is 793. The molecule has 1 aliphatic heterocycles. The van der Waals surface area contributed by atoms with Crippen LogP contribution in [0.2, 0.25) is 10.0 Å². The number of rotatable bonds is 4. The van der Waals surface area contributed by atoms with Gasteiger partial charge in [-0.3, -0.25) is 9.59 Å². The first-order chi connectivity index (χ1) is 11.5. The van der Waals surface area contributed by atoms with E-state index in [1.807, 2.05) is 0 Å². The van der Waals surface area contributed by atoms with Crippen LogP contribution in [0.4, 0.5) is 11.4 Å². The first-order valence-electron chi connectivity index (χ1n) is 7.22. The molecule has 124 valence electrons. The van der Waals surface area contributed by atoms with E-state index in [0.717, 1.165) is 0 Å². The summed E-state index contributed by atoms with van der Waals surface area (Å²) in [5, 5.41) is 3.84. The van der Waals surface area contributed by atoms with Crippen LogP contribution in [0.15, 0.2) is 42.5 Å². The highest BCUT2D eigenvalue weighted by Gasteiger charge is 2.39. The van der Waals surface area contributed by atoms with Crippen molar-refractivity contribution < 1.29 is 14.3 Å². The normalized spacial score (nSPS) is 17.3. The van der Waals surface area contributed by atoms with Gasteiger partial charge in [0.2, 0.25) is 5.91 Å². The Hall–Kier alpha value is -2.24.